The molecule has 0 atom stereocenters. The van der Waals surface area contributed by atoms with Gasteiger partial charge in [-0.05, 0) is 48.9 Å². The first-order valence-corrected chi connectivity index (χ1v) is 12.0. The normalized spacial score (nSPS) is 16.5. The zero-order chi connectivity index (χ0) is 27.2. The quantitative estimate of drug-likeness (QED) is 0.300. The second-order valence-electron chi connectivity index (χ2n) is 8.29. The van der Waals surface area contributed by atoms with E-state index in [0.29, 0.717) is 38.3 Å². The predicted octanol–water partition coefficient (Wildman–Crippen LogP) is 6.02. The van der Waals surface area contributed by atoms with Crippen LogP contribution in [0.5, 0.6) is 0 Å². The van der Waals surface area contributed by atoms with E-state index in [0.717, 1.165) is 0 Å². The van der Waals surface area contributed by atoms with Crippen molar-refractivity contribution in [2.75, 3.05) is 13.1 Å². The molecule has 37 heavy (non-hydrogen) atoms. The molecule has 0 aromatic heterocycles. The van der Waals surface area contributed by atoms with Gasteiger partial charge in [-0.2, -0.15) is 13.2 Å². The van der Waals surface area contributed by atoms with Gasteiger partial charge in [-0.1, -0.05) is 29.3 Å². The number of benzene rings is 2. The zero-order valence-corrected chi connectivity index (χ0v) is 21.1. The molecule has 2 aromatic rings. The molecule has 1 fully saturated rings. The maximum absolute atomic E-state index is 12.9. The summed E-state index contributed by atoms with van der Waals surface area (Å²) in [4.78, 5) is 30.3. The Hall–Kier alpha value is -3.37. The number of hydrogen-bond acceptors (Lipinski definition) is 5. The molecule has 7 nitrogen and oxygen atoms in total. The van der Waals surface area contributed by atoms with Gasteiger partial charge in [-0.3, -0.25) is 20.1 Å². The van der Waals surface area contributed by atoms with Crippen molar-refractivity contribution in [1.29, 1.82) is 5.41 Å². The van der Waals surface area contributed by atoms with Crippen LogP contribution in [0.2, 0.25) is 10.0 Å². The summed E-state index contributed by atoms with van der Waals surface area (Å²) in [6, 6.07) is 11.7. The lowest BCUT2D eigenvalue weighted by Gasteiger charge is -2.25. The highest BCUT2D eigenvalue weighted by atomic mass is 35.5. The molecule has 4 N–H and O–H groups in total. The van der Waals surface area contributed by atoms with Gasteiger partial charge < -0.3 is 11.1 Å². The highest BCUT2D eigenvalue weighted by Crippen LogP contribution is 2.26. The lowest BCUT2D eigenvalue weighted by Crippen LogP contribution is -2.46. The van der Waals surface area contributed by atoms with Crippen LogP contribution >= 0.6 is 23.2 Å². The standard InChI is InChI=1S/C25H24Cl2F3N5O2/c26-16-6-4-15(5-7-16)23(32)35(11-10-25(28,29)30)24(37)33-14-21(31)20-13-19(36)8-9-22(20)34-18-3-1-2-17(27)12-18/h1-7,12,32H,8-11,13-14,31H2,(H,33,37)/b21-20-,32-23?,34-22?. The van der Waals surface area contributed by atoms with Crippen molar-refractivity contribution >= 4 is 52.3 Å². The first-order valence-electron chi connectivity index (χ1n) is 11.2. The fourth-order valence-electron chi connectivity index (χ4n) is 3.61. The molecule has 1 aliphatic carbocycles. The fraction of sp³-hybridized carbons (Fsp3) is 0.280. The van der Waals surface area contributed by atoms with Crippen molar-refractivity contribution in [1.82, 2.24) is 10.2 Å². The van der Waals surface area contributed by atoms with Crippen LogP contribution in [-0.2, 0) is 4.79 Å². The molecule has 0 bridgehead atoms. The number of hydrogen-bond donors (Lipinski definition) is 3. The number of allylic oxidation sites excluding steroid dienone is 1. The Morgan fingerprint density at radius 2 is 1.81 bits per heavy atom. The summed E-state index contributed by atoms with van der Waals surface area (Å²) in [6.45, 7) is -1.03. The summed E-state index contributed by atoms with van der Waals surface area (Å²) in [6.07, 6.45) is -5.20. The summed E-state index contributed by atoms with van der Waals surface area (Å²) < 4.78 is 38.7. The first-order chi connectivity index (χ1) is 17.4. The van der Waals surface area contributed by atoms with Crippen LogP contribution in [-0.4, -0.2) is 47.5 Å². The Balaban J connectivity index is 1.81. The average molecular weight is 554 g/mol. The lowest BCUT2D eigenvalue weighted by atomic mass is 9.90. The van der Waals surface area contributed by atoms with Gasteiger partial charge in [0.05, 0.1) is 18.7 Å². The van der Waals surface area contributed by atoms with Crippen LogP contribution in [0, 0.1) is 5.41 Å². The number of nitrogens with one attached hydrogen (secondary N) is 2. The third-order valence-corrected chi connectivity index (χ3v) is 5.99. The fourth-order valence-corrected chi connectivity index (χ4v) is 3.92. The SMILES string of the molecule is N=C(c1ccc(Cl)cc1)N(CCC(F)(F)F)C(=O)NC/C(N)=C1\CC(=O)CCC1=Nc1cccc(Cl)c1. The number of nitrogens with two attached hydrogens (primary N) is 1. The van der Waals surface area contributed by atoms with Gasteiger partial charge in [-0.15, -0.1) is 0 Å². The summed E-state index contributed by atoms with van der Waals surface area (Å²) in [5.41, 5.74) is 8.16. The molecule has 0 aliphatic heterocycles. The van der Waals surface area contributed by atoms with Gasteiger partial charge in [0.2, 0.25) is 0 Å². The molecule has 0 heterocycles. The maximum atomic E-state index is 12.9. The minimum Gasteiger partial charge on any atom is -0.400 e. The minimum absolute atomic E-state index is 0.0134. The van der Waals surface area contributed by atoms with Crippen LogP contribution in [0.15, 0.2) is 64.8 Å². The summed E-state index contributed by atoms with van der Waals surface area (Å²) >= 11 is 11.9. The van der Waals surface area contributed by atoms with E-state index in [1.807, 2.05) is 0 Å². The molecule has 0 unspecified atom stereocenters. The minimum atomic E-state index is -4.53. The van der Waals surface area contributed by atoms with Crippen LogP contribution in [0.25, 0.3) is 0 Å². The number of amidine groups is 1. The largest absolute Gasteiger partial charge is 0.400 e. The molecular formula is C25H24Cl2F3N5O2. The van der Waals surface area contributed by atoms with Gasteiger partial charge in [0, 0.05) is 52.0 Å². The van der Waals surface area contributed by atoms with Crippen molar-refractivity contribution < 1.29 is 22.8 Å². The Labute approximate surface area is 221 Å². The summed E-state index contributed by atoms with van der Waals surface area (Å²) in [5, 5.41) is 11.6. The lowest BCUT2D eigenvalue weighted by molar-refractivity contribution is -0.135. The number of alkyl halides is 3. The van der Waals surface area contributed by atoms with E-state index in [9.17, 15) is 22.8 Å². The smallest absolute Gasteiger partial charge is 0.390 e. The number of carbonyl (C=O) groups is 2. The first kappa shape index (κ1) is 28.2. The van der Waals surface area contributed by atoms with E-state index in [4.69, 9.17) is 34.3 Å². The Kier molecular flexibility index (Phi) is 9.34. The number of urea groups is 1. The number of aliphatic imine (C=N–C) groups is 1. The molecule has 196 valence electrons. The monoisotopic (exact) mass is 553 g/mol. The van der Waals surface area contributed by atoms with Gasteiger partial charge in [-0.25, -0.2) is 4.79 Å². The van der Waals surface area contributed by atoms with E-state index in [1.165, 1.54) is 24.3 Å². The zero-order valence-electron chi connectivity index (χ0n) is 19.5. The molecule has 2 amide bonds. The van der Waals surface area contributed by atoms with E-state index in [-0.39, 0.29) is 36.4 Å². The van der Waals surface area contributed by atoms with E-state index in [2.05, 4.69) is 10.3 Å². The van der Waals surface area contributed by atoms with Crippen LogP contribution < -0.4 is 11.1 Å². The van der Waals surface area contributed by atoms with Crippen LogP contribution in [0.3, 0.4) is 0 Å². The molecule has 0 spiro atoms. The summed E-state index contributed by atoms with van der Waals surface area (Å²) in [5.74, 6) is -0.480. The third kappa shape index (κ3) is 8.33. The average Bonchev–Trinajstić information content (AvgIpc) is 2.83. The highest BCUT2D eigenvalue weighted by molar-refractivity contribution is 6.31. The van der Waals surface area contributed by atoms with Crippen LogP contribution in [0.4, 0.5) is 23.7 Å². The molecule has 1 saturated carbocycles. The number of carbonyl (C=O) groups excluding carboxylic acids is 2. The van der Waals surface area contributed by atoms with E-state index >= 15 is 0 Å². The van der Waals surface area contributed by atoms with Crippen molar-refractivity contribution in [2.45, 2.75) is 31.9 Å². The second kappa shape index (κ2) is 12.2. The number of nitrogens with zero attached hydrogens (tertiary/aromatic N) is 2. The van der Waals surface area contributed by atoms with Gasteiger partial charge in [0.25, 0.3) is 0 Å². The number of amides is 2. The molecule has 0 radical (unpaired) electrons. The van der Waals surface area contributed by atoms with Crippen LogP contribution in [0.1, 0.15) is 31.2 Å². The van der Waals surface area contributed by atoms with Crippen molar-refractivity contribution in [3.05, 3.63) is 75.4 Å². The number of rotatable bonds is 6. The van der Waals surface area contributed by atoms with Gasteiger partial charge >= 0.3 is 12.2 Å². The maximum Gasteiger partial charge on any atom is 0.390 e. The molecule has 12 heteroatoms. The topological polar surface area (TPSA) is 112 Å². The van der Waals surface area contributed by atoms with E-state index < -0.39 is 31.0 Å². The molecule has 3 rings (SSSR count). The molecule has 0 saturated heterocycles. The number of halogens is 5. The third-order valence-electron chi connectivity index (χ3n) is 5.50. The summed E-state index contributed by atoms with van der Waals surface area (Å²) in [7, 11) is 0. The Morgan fingerprint density at radius 1 is 1.11 bits per heavy atom. The number of Topliss-reactive ketones (excluding diaryl/α,β-unsaturated/α-hetero) is 1. The number of ketones is 1. The van der Waals surface area contributed by atoms with Gasteiger partial charge in [0.15, 0.2) is 0 Å². The van der Waals surface area contributed by atoms with Crippen molar-refractivity contribution in [2.24, 2.45) is 10.7 Å². The van der Waals surface area contributed by atoms with Crippen molar-refractivity contribution in [3.63, 3.8) is 0 Å². The van der Waals surface area contributed by atoms with Gasteiger partial charge in [0.1, 0.15) is 11.6 Å². The van der Waals surface area contributed by atoms with E-state index in [1.54, 1.807) is 24.3 Å². The predicted molar refractivity (Wildman–Crippen MR) is 138 cm³/mol. The molecule has 2 aromatic carbocycles. The molecule has 1 aliphatic rings. The highest BCUT2D eigenvalue weighted by Gasteiger charge is 2.31. The molecular weight excluding hydrogens is 530 g/mol. The Morgan fingerprint density at radius 3 is 2.46 bits per heavy atom. The Bertz CT molecular complexity index is 1240. The van der Waals surface area contributed by atoms with Crippen molar-refractivity contribution in [3.8, 4) is 0 Å². The second-order valence-corrected chi connectivity index (χ2v) is 9.16.